The Labute approximate surface area is 214 Å². The highest BCUT2D eigenvalue weighted by Gasteiger charge is 2.62. The van der Waals surface area contributed by atoms with Gasteiger partial charge in [0.1, 0.15) is 0 Å². The third-order valence-corrected chi connectivity index (χ3v) is 9.71. The predicted molar refractivity (Wildman–Crippen MR) is 147 cm³/mol. The Morgan fingerprint density at radius 1 is 1.14 bits per heavy atom. The minimum Gasteiger partial charge on any atom is -0.393 e. The van der Waals surface area contributed by atoms with Crippen LogP contribution in [-0.4, -0.2) is 46.2 Å². The van der Waals surface area contributed by atoms with Gasteiger partial charge in [0.05, 0.1) is 17.2 Å². The number of aliphatic hydroxyl groups excluding tert-OH is 1. The molecule has 5 atom stereocenters. The van der Waals surface area contributed by atoms with Crippen molar-refractivity contribution in [1.82, 2.24) is 15.5 Å². The fraction of sp³-hybridized carbons (Fsp3) is 0.567. The molecule has 0 spiro atoms. The number of allylic oxidation sites excluding steroid dienone is 3. The van der Waals surface area contributed by atoms with Crippen LogP contribution in [0.4, 0.5) is 5.82 Å². The zero-order chi connectivity index (χ0) is 25.9. The summed E-state index contributed by atoms with van der Waals surface area (Å²) in [6.07, 6.45) is 12.0. The Kier molecular flexibility index (Phi) is 6.21. The van der Waals surface area contributed by atoms with Crippen LogP contribution in [0.25, 0.3) is 16.5 Å². The number of H-pyrrole nitrogens is 1. The smallest absolute Gasteiger partial charge is 0.153 e. The number of nitrogens with two attached hydrogens (primary N) is 1. The summed E-state index contributed by atoms with van der Waals surface area (Å²) in [6.45, 7) is 6.97. The van der Waals surface area contributed by atoms with Gasteiger partial charge in [-0.2, -0.15) is 5.10 Å². The standard InChI is InChI=1S/C28H35N3O2.C2H7N/c1-26(2)15-19-12-18-13-20(32)6-4-16(18)10-11-28(19,33)24-9-7-22(27(24,26)3)17-5-8-23-21(14-17)25(29)31-30-23;1-3-2/h5,7-8,12,14-16,20,24,32-33H,4,6,9-11,13H2,1-3H3,(H3,29,30,31);3H,1-2H3/t16?,20?,24?,27?,28-;/m1./s1. The van der Waals surface area contributed by atoms with E-state index in [0.29, 0.717) is 11.7 Å². The van der Waals surface area contributed by atoms with Gasteiger partial charge in [-0.3, -0.25) is 5.10 Å². The van der Waals surface area contributed by atoms with Crippen LogP contribution in [0.15, 0.2) is 47.6 Å². The van der Waals surface area contributed by atoms with Gasteiger partial charge in [0, 0.05) is 16.7 Å². The molecule has 0 aliphatic heterocycles. The second-order valence-electron chi connectivity index (χ2n) is 12.1. The minimum atomic E-state index is -0.851. The number of hydrogen-bond acceptors (Lipinski definition) is 5. The second kappa shape index (κ2) is 8.86. The number of nitrogens with zero attached hydrogens (tertiary/aromatic N) is 1. The largest absolute Gasteiger partial charge is 0.393 e. The van der Waals surface area contributed by atoms with Crippen molar-refractivity contribution in [3.8, 4) is 0 Å². The Balaban J connectivity index is 0.000000848. The van der Waals surface area contributed by atoms with E-state index in [1.165, 1.54) is 11.1 Å². The van der Waals surface area contributed by atoms with Crippen molar-refractivity contribution < 1.29 is 10.2 Å². The fourth-order valence-electron chi connectivity index (χ4n) is 7.53. The third kappa shape index (κ3) is 3.68. The van der Waals surface area contributed by atoms with Crippen molar-refractivity contribution in [3.05, 3.63) is 53.1 Å². The lowest BCUT2D eigenvalue weighted by Crippen LogP contribution is -2.55. The van der Waals surface area contributed by atoms with E-state index >= 15 is 0 Å². The summed E-state index contributed by atoms with van der Waals surface area (Å²) in [6, 6.07) is 6.37. The zero-order valence-electron chi connectivity index (χ0n) is 22.4. The number of hydrogen-bond donors (Lipinski definition) is 5. The molecule has 6 nitrogen and oxygen atoms in total. The summed E-state index contributed by atoms with van der Waals surface area (Å²) < 4.78 is 0. The molecule has 1 saturated carbocycles. The van der Waals surface area contributed by atoms with E-state index in [4.69, 9.17) is 5.73 Å². The lowest BCUT2D eigenvalue weighted by molar-refractivity contribution is -0.0651. The van der Waals surface area contributed by atoms with Crippen molar-refractivity contribution in [3.63, 3.8) is 0 Å². The summed E-state index contributed by atoms with van der Waals surface area (Å²) in [5.74, 6) is 1.11. The van der Waals surface area contributed by atoms with E-state index in [1.54, 1.807) is 0 Å². The average molecular weight is 491 g/mol. The molecule has 0 saturated heterocycles. The minimum absolute atomic E-state index is 0.106. The summed E-state index contributed by atoms with van der Waals surface area (Å²) in [5.41, 5.74) is 10.7. The van der Waals surface area contributed by atoms with Gasteiger partial charge in [0.25, 0.3) is 0 Å². The molecule has 6 heteroatoms. The van der Waals surface area contributed by atoms with Crippen molar-refractivity contribution in [1.29, 1.82) is 0 Å². The van der Waals surface area contributed by atoms with E-state index < -0.39 is 5.60 Å². The molecule has 6 N–H and O–H groups in total. The zero-order valence-corrected chi connectivity index (χ0v) is 22.4. The quantitative estimate of drug-likeness (QED) is 0.388. The topological polar surface area (TPSA) is 107 Å². The number of aromatic amines is 1. The van der Waals surface area contributed by atoms with Gasteiger partial charge in [0.2, 0.25) is 0 Å². The molecule has 6 rings (SSSR count). The average Bonchev–Trinajstić information content (AvgIpc) is 3.35. The molecule has 0 amide bonds. The summed E-state index contributed by atoms with van der Waals surface area (Å²) in [7, 11) is 3.75. The first kappa shape index (κ1) is 25.2. The number of rotatable bonds is 1. The number of nitrogen functional groups attached to an aromatic ring is 1. The number of fused-ring (bicyclic) bond motifs is 5. The molecule has 2 aromatic rings. The van der Waals surface area contributed by atoms with Crippen LogP contribution in [0.2, 0.25) is 0 Å². The van der Waals surface area contributed by atoms with E-state index in [2.05, 4.69) is 72.7 Å². The maximum Gasteiger partial charge on any atom is 0.153 e. The van der Waals surface area contributed by atoms with Crippen molar-refractivity contribution in [2.45, 2.75) is 71.0 Å². The maximum atomic E-state index is 12.4. The lowest BCUT2D eigenvalue weighted by atomic mass is 9.49. The molecule has 4 aliphatic carbocycles. The molecule has 1 aromatic carbocycles. The fourth-order valence-corrected chi connectivity index (χ4v) is 7.53. The normalized spacial score (nSPS) is 34.8. The number of nitrogens with one attached hydrogen (secondary N) is 2. The second-order valence-corrected chi connectivity index (χ2v) is 12.1. The molecule has 1 heterocycles. The number of anilines is 1. The molecular formula is C30H42N4O2. The van der Waals surface area contributed by atoms with Crippen molar-refractivity contribution in [2.24, 2.45) is 22.7 Å². The van der Waals surface area contributed by atoms with E-state index in [9.17, 15) is 10.2 Å². The number of aliphatic hydroxyl groups is 2. The molecule has 1 aromatic heterocycles. The first-order valence-electron chi connectivity index (χ1n) is 13.4. The van der Waals surface area contributed by atoms with Crippen LogP contribution in [0.3, 0.4) is 0 Å². The first-order valence-corrected chi connectivity index (χ1v) is 13.4. The Morgan fingerprint density at radius 3 is 2.64 bits per heavy atom. The molecular weight excluding hydrogens is 448 g/mol. The van der Waals surface area contributed by atoms with Gasteiger partial charge < -0.3 is 21.3 Å². The molecule has 1 fully saturated rings. The monoisotopic (exact) mass is 490 g/mol. The SMILES string of the molecule is CC1(C)C=C2C=C3CC(O)CCC3CC[C@]2(O)C2CC=C(c3ccc4[nH]nc(N)c4c3)C21C.CNC. The van der Waals surface area contributed by atoms with E-state index in [-0.39, 0.29) is 22.9 Å². The maximum absolute atomic E-state index is 12.4. The van der Waals surface area contributed by atoms with Gasteiger partial charge in [-0.15, -0.1) is 0 Å². The van der Waals surface area contributed by atoms with Gasteiger partial charge in [-0.05, 0) is 92.8 Å². The Bertz CT molecular complexity index is 1250. The summed E-state index contributed by atoms with van der Waals surface area (Å²) >= 11 is 0. The van der Waals surface area contributed by atoms with Crippen LogP contribution < -0.4 is 11.1 Å². The highest BCUT2D eigenvalue weighted by molar-refractivity contribution is 5.92. The Morgan fingerprint density at radius 2 is 1.89 bits per heavy atom. The van der Waals surface area contributed by atoms with Crippen LogP contribution in [0.5, 0.6) is 0 Å². The highest BCUT2D eigenvalue weighted by Crippen LogP contribution is 2.67. The van der Waals surface area contributed by atoms with Gasteiger partial charge in [0.15, 0.2) is 5.82 Å². The molecule has 36 heavy (non-hydrogen) atoms. The molecule has 4 unspecified atom stereocenters. The van der Waals surface area contributed by atoms with Crippen LogP contribution >= 0.6 is 0 Å². The van der Waals surface area contributed by atoms with Crippen molar-refractivity contribution in [2.75, 3.05) is 19.8 Å². The Hall–Kier alpha value is -2.41. The van der Waals surface area contributed by atoms with E-state index in [0.717, 1.165) is 60.6 Å². The van der Waals surface area contributed by atoms with Gasteiger partial charge in [-0.1, -0.05) is 50.6 Å². The first-order chi connectivity index (χ1) is 17.0. The number of benzene rings is 1. The predicted octanol–water partition coefficient (Wildman–Crippen LogP) is 4.97. The lowest BCUT2D eigenvalue weighted by Gasteiger charge is -2.56. The molecule has 194 valence electrons. The highest BCUT2D eigenvalue weighted by atomic mass is 16.3. The molecule has 0 bridgehead atoms. The van der Waals surface area contributed by atoms with E-state index in [1.807, 2.05) is 14.1 Å². The third-order valence-electron chi connectivity index (χ3n) is 9.71. The van der Waals surface area contributed by atoms with Crippen LogP contribution in [-0.2, 0) is 0 Å². The summed E-state index contributed by atoms with van der Waals surface area (Å²) in [4.78, 5) is 0. The van der Waals surface area contributed by atoms with Crippen LogP contribution in [0, 0.1) is 22.7 Å². The molecule has 4 aliphatic rings. The van der Waals surface area contributed by atoms with Gasteiger partial charge >= 0.3 is 0 Å². The van der Waals surface area contributed by atoms with Gasteiger partial charge in [-0.25, -0.2) is 0 Å². The molecule has 0 radical (unpaired) electrons. The van der Waals surface area contributed by atoms with Crippen molar-refractivity contribution >= 4 is 22.3 Å². The number of aromatic nitrogens is 2. The van der Waals surface area contributed by atoms with Crippen LogP contribution in [0.1, 0.15) is 64.9 Å². The summed E-state index contributed by atoms with van der Waals surface area (Å²) in [5, 5.41) is 33.5.